The van der Waals surface area contributed by atoms with Crippen LogP contribution in [-0.4, -0.2) is 11.5 Å². The van der Waals surface area contributed by atoms with Crippen LogP contribution < -0.4 is 5.32 Å². The van der Waals surface area contributed by atoms with Crippen molar-refractivity contribution in [3.05, 3.63) is 59.2 Å². The molecule has 17 heavy (non-hydrogen) atoms. The van der Waals surface area contributed by atoms with Crippen LogP contribution in [0.25, 0.3) is 0 Å². The van der Waals surface area contributed by atoms with Gasteiger partial charge in [0.1, 0.15) is 5.82 Å². The molecule has 1 atom stereocenters. The molecule has 1 heterocycles. The molecule has 0 aliphatic heterocycles. The minimum atomic E-state index is -0.156. The SMILES string of the molecule is CCNC(c1ccc(C)c(F)c1)c1ccc[nH]1. The van der Waals surface area contributed by atoms with Gasteiger partial charge in [-0.25, -0.2) is 4.39 Å². The molecule has 0 saturated carbocycles. The number of aromatic nitrogens is 1. The van der Waals surface area contributed by atoms with E-state index in [1.54, 1.807) is 13.0 Å². The standard InChI is InChI=1S/C14H17FN2/c1-3-16-14(13-5-4-8-17-13)11-7-6-10(2)12(15)9-11/h4-9,14,16-17H,3H2,1-2H3. The van der Waals surface area contributed by atoms with Crippen LogP contribution in [0.2, 0.25) is 0 Å². The van der Waals surface area contributed by atoms with E-state index in [-0.39, 0.29) is 11.9 Å². The Labute approximate surface area is 101 Å². The third-order valence-corrected chi connectivity index (χ3v) is 2.87. The number of H-pyrrole nitrogens is 1. The lowest BCUT2D eigenvalue weighted by Crippen LogP contribution is -2.22. The number of halogens is 1. The Balaban J connectivity index is 2.35. The third kappa shape index (κ3) is 2.56. The quantitative estimate of drug-likeness (QED) is 0.832. The number of hydrogen-bond donors (Lipinski definition) is 2. The van der Waals surface area contributed by atoms with Crippen LogP contribution in [0, 0.1) is 12.7 Å². The molecule has 2 N–H and O–H groups in total. The fourth-order valence-electron chi connectivity index (χ4n) is 1.92. The molecule has 0 spiro atoms. The van der Waals surface area contributed by atoms with E-state index in [0.717, 1.165) is 17.8 Å². The Kier molecular flexibility index (Phi) is 3.59. The minimum Gasteiger partial charge on any atom is -0.363 e. The van der Waals surface area contributed by atoms with E-state index < -0.39 is 0 Å². The molecule has 2 rings (SSSR count). The van der Waals surface area contributed by atoms with Crippen LogP contribution in [0.5, 0.6) is 0 Å². The zero-order chi connectivity index (χ0) is 12.3. The van der Waals surface area contributed by atoms with Crippen LogP contribution in [-0.2, 0) is 0 Å². The second-order valence-electron chi connectivity index (χ2n) is 4.12. The molecule has 2 aromatic rings. The average Bonchev–Trinajstić information content (AvgIpc) is 2.83. The van der Waals surface area contributed by atoms with Crippen molar-refractivity contribution in [1.82, 2.24) is 10.3 Å². The summed E-state index contributed by atoms with van der Waals surface area (Å²) in [5, 5.41) is 3.35. The second-order valence-corrected chi connectivity index (χ2v) is 4.12. The maximum atomic E-state index is 13.6. The number of hydrogen-bond acceptors (Lipinski definition) is 1. The van der Waals surface area contributed by atoms with Crippen molar-refractivity contribution in [1.29, 1.82) is 0 Å². The lowest BCUT2D eigenvalue weighted by Gasteiger charge is -2.17. The van der Waals surface area contributed by atoms with Gasteiger partial charge in [0.2, 0.25) is 0 Å². The zero-order valence-corrected chi connectivity index (χ0v) is 10.1. The van der Waals surface area contributed by atoms with Crippen molar-refractivity contribution in [2.45, 2.75) is 19.9 Å². The Morgan fingerprint density at radius 2 is 2.18 bits per heavy atom. The summed E-state index contributed by atoms with van der Waals surface area (Å²) >= 11 is 0. The summed E-state index contributed by atoms with van der Waals surface area (Å²) in [5.41, 5.74) is 2.67. The van der Waals surface area contributed by atoms with Crippen molar-refractivity contribution in [2.24, 2.45) is 0 Å². The van der Waals surface area contributed by atoms with Gasteiger partial charge in [-0.3, -0.25) is 0 Å². The van der Waals surface area contributed by atoms with Crippen LogP contribution in [0.1, 0.15) is 29.8 Å². The Bertz CT molecular complexity index is 477. The Morgan fingerprint density at radius 3 is 2.76 bits per heavy atom. The first-order valence-electron chi connectivity index (χ1n) is 5.85. The first kappa shape index (κ1) is 11.9. The molecule has 0 saturated heterocycles. The zero-order valence-electron chi connectivity index (χ0n) is 10.1. The molecule has 0 aliphatic carbocycles. The van der Waals surface area contributed by atoms with Gasteiger partial charge in [0.05, 0.1) is 6.04 Å². The van der Waals surface area contributed by atoms with Crippen molar-refractivity contribution in [3.8, 4) is 0 Å². The largest absolute Gasteiger partial charge is 0.363 e. The summed E-state index contributed by atoms with van der Waals surface area (Å²) in [6.07, 6.45) is 1.88. The molecule has 1 aromatic heterocycles. The van der Waals surface area contributed by atoms with Gasteiger partial charge in [0, 0.05) is 11.9 Å². The maximum absolute atomic E-state index is 13.6. The van der Waals surface area contributed by atoms with E-state index in [1.165, 1.54) is 0 Å². The second kappa shape index (κ2) is 5.15. The maximum Gasteiger partial charge on any atom is 0.126 e. The number of nitrogens with one attached hydrogen (secondary N) is 2. The molecule has 0 bridgehead atoms. The molecule has 3 heteroatoms. The van der Waals surface area contributed by atoms with Gasteiger partial charge in [-0.05, 0) is 42.8 Å². The van der Waals surface area contributed by atoms with E-state index in [1.807, 2.05) is 37.4 Å². The van der Waals surface area contributed by atoms with Crippen LogP contribution in [0.15, 0.2) is 36.5 Å². The summed E-state index contributed by atoms with van der Waals surface area (Å²) in [4.78, 5) is 3.17. The highest BCUT2D eigenvalue weighted by molar-refractivity contribution is 5.31. The van der Waals surface area contributed by atoms with Crippen molar-refractivity contribution < 1.29 is 4.39 Å². The predicted molar refractivity (Wildman–Crippen MR) is 67.4 cm³/mol. The molecule has 0 fully saturated rings. The van der Waals surface area contributed by atoms with Gasteiger partial charge >= 0.3 is 0 Å². The van der Waals surface area contributed by atoms with E-state index in [4.69, 9.17) is 0 Å². The Hall–Kier alpha value is -1.61. The summed E-state index contributed by atoms with van der Waals surface area (Å²) in [7, 11) is 0. The summed E-state index contributed by atoms with van der Waals surface area (Å²) in [5.74, 6) is -0.156. The summed E-state index contributed by atoms with van der Waals surface area (Å²) in [6, 6.07) is 9.36. The van der Waals surface area contributed by atoms with Crippen molar-refractivity contribution in [2.75, 3.05) is 6.54 Å². The van der Waals surface area contributed by atoms with Crippen molar-refractivity contribution in [3.63, 3.8) is 0 Å². The lowest BCUT2D eigenvalue weighted by molar-refractivity contribution is 0.592. The van der Waals surface area contributed by atoms with Gasteiger partial charge in [-0.15, -0.1) is 0 Å². The first-order valence-corrected chi connectivity index (χ1v) is 5.85. The van der Waals surface area contributed by atoms with Crippen LogP contribution in [0.4, 0.5) is 4.39 Å². The first-order chi connectivity index (χ1) is 8.22. The normalized spacial score (nSPS) is 12.6. The van der Waals surface area contributed by atoms with Gasteiger partial charge in [-0.1, -0.05) is 19.1 Å². The number of benzene rings is 1. The molecule has 0 amide bonds. The van der Waals surface area contributed by atoms with E-state index >= 15 is 0 Å². The average molecular weight is 232 g/mol. The van der Waals surface area contributed by atoms with Crippen molar-refractivity contribution >= 4 is 0 Å². The van der Waals surface area contributed by atoms with Gasteiger partial charge < -0.3 is 10.3 Å². The highest BCUT2D eigenvalue weighted by Crippen LogP contribution is 2.22. The number of rotatable bonds is 4. The van der Waals surface area contributed by atoms with Gasteiger partial charge in [0.25, 0.3) is 0 Å². The smallest absolute Gasteiger partial charge is 0.126 e. The fraction of sp³-hybridized carbons (Fsp3) is 0.286. The molecule has 2 nitrogen and oxygen atoms in total. The number of aromatic amines is 1. The molecule has 0 aliphatic rings. The van der Waals surface area contributed by atoms with Crippen LogP contribution >= 0.6 is 0 Å². The molecule has 1 aromatic carbocycles. The topological polar surface area (TPSA) is 27.8 Å². The van der Waals surface area contributed by atoms with E-state index in [2.05, 4.69) is 10.3 Å². The summed E-state index contributed by atoms with van der Waals surface area (Å²) in [6.45, 7) is 4.65. The van der Waals surface area contributed by atoms with E-state index in [9.17, 15) is 4.39 Å². The predicted octanol–water partition coefficient (Wildman–Crippen LogP) is 3.16. The lowest BCUT2D eigenvalue weighted by atomic mass is 10.0. The molecular weight excluding hydrogens is 215 g/mol. The molecule has 90 valence electrons. The van der Waals surface area contributed by atoms with Gasteiger partial charge in [0.15, 0.2) is 0 Å². The van der Waals surface area contributed by atoms with Gasteiger partial charge in [-0.2, -0.15) is 0 Å². The minimum absolute atomic E-state index is 0.0186. The molecule has 0 radical (unpaired) electrons. The number of aryl methyl sites for hydroxylation is 1. The fourth-order valence-corrected chi connectivity index (χ4v) is 1.92. The monoisotopic (exact) mass is 232 g/mol. The highest BCUT2D eigenvalue weighted by Gasteiger charge is 2.14. The summed E-state index contributed by atoms with van der Waals surface area (Å²) < 4.78 is 13.6. The molecular formula is C14H17FN2. The molecule has 1 unspecified atom stereocenters. The van der Waals surface area contributed by atoms with Crippen LogP contribution in [0.3, 0.4) is 0 Å². The Morgan fingerprint density at radius 1 is 1.35 bits per heavy atom. The third-order valence-electron chi connectivity index (χ3n) is 2.87. The highest BCUT2D eigenvalue weighted by atomic mass is 19.1. The van der Waals surface area contributed by atoms with E-state index in [0.29, 0.717) is 5.56 Å².